The summed E-state index contributed by atoms with van der Waals surface area (Å²) in [5.41, 5.74) is 6.32. The molecule has 1 aromatic heterocycles. The van der Waals surface area contributed by atoms with Crippen LogP contribution in [0.2, 0.25) is 5.02 Å². The van der Waals surface area contributed by atoms with E-state index in [9.17, 15) is 10.1 Å². The monoisotopic (exact) mass is 266 g/mol. The second-order valence-corrected chi connectivity index (χ2v) is 4.22. The molecule has 0 saturated carbocycles. The van der Waals surface area contributed by atoms with E-state index in [-0.39, 0.29) is 17.5 Å². The van der Waals surface area contributed by atoms with E-state index in [4.69, 9.17) is 17.3 Å². The van der Waals surface area contributed by atoms with Crippen LogP contribution in [0.3, 0.4) is 0 Å². The molecule has 2 N–H and O–H groups in total. The minimum Gasteiger partial charge on any atom is -0.378 e. The Kier molecular flexibility index (Phi) is 3.20. The third-order valence-electron chi connectivity index (χ3n) is 2.73. The number of nitro groups is 1. The number of nitrogens with two attached hydrogens (primary N) is 1. The summed E-state index contributed by atoms with van der Waals surface area (Å²) in [7, 11) is 0. The molecule has 7 heteroatoms. The van der Waals surface area contributed by atoms with E-state index in [0.717, 1.165) is 11.8 Å². The fraction of sp³-hybridized carbons (Fsp3) is 0.182. The van der Waals surface area contributed by atoms with Crippen LogP contribution < -0.4 is 5.73 Å². The fourth-order valence-electron chi connectivity index (χ4n) is 1.76. The van der Waals surface area contributed by atoms with Crippen molar-refractivity contribution in [1.82, 2.24) is 9.78 Å². The standard InChI is InChI=1S/C11H11ClN4O2/c1-7(8-4-2-3-5-9(8)12)15-11(13)10(6-14-15)16(17)18/h2-7H,13H2,1H3. The summed E-state index contributed by atoms with van der Waals surface area (Å²) in [6.45, 7) is 1.83. The first-order chi connectivity index (χ1) is 8.52. The van der Waals surface area contributed by atoms with E-state index in [1.807, 2.05) is 25.1 Å². The lowest BCUT2D eigenvalue weighted by Crippen LogP contribution is -2.12. The number of hydrogen-bond acceptors (Lipinski definition) is 4. The number of halogens is 1. The Morgan fingerprint density at radius 3 is 2.72 bits per heavy atom. The molecule has 0 spiro atoms. The van der Waals surface area contributed by atoms with Crippen molar-refractivity contribution in [2.24, 2.45) is 0 Å². The van der Waals surface area contributed by atoms with Crippen LogP contribution in [0.4, 0.5) is 11.5 Å². The SMILES string of the molecule is CC(c1ccccc1Cl)n1ncc([N+](=O)[O-])c1N. The second-order valence-electron chi connectivity index (χ2n) is 3.81. The van der Waals surface area contributed by atoms with Gasteiger partial charge in [0, 0.05) is 5.02 Å². The molecule has 18 heavy (non-hydrogen) atoms. The average Bonchev–Trinajstić information content (AvgIpc) is 2.71. The Hall–Kier alpha value is -2.08. The maximum absolute atomic E-state index is 10.7. The number of hydrogen-bond donors (Lipinski definition) is 1. The number of aromatic nitrogens is 2. The Morgan fingerprint density at radius 1 is 1.50 bits per heavy atom. The van der Waals surface area contributed by atoms with Crippen molar-refractivity contribution < 1.29 is 4.92 Å². The van der Waals surface area contributed by atoms with E-state index in [1.54, 1.807) is 6.07 Å². The van der Waals surface area contributed by atoms with Gasteiger partial charge in [0.05, 0.1) is 11.0 Å². The van der Waals surface area contributed by atoms with Crippen LogP contribution in [0.15, 0.2) is 30.5 Å². The quantitative estimate of drug-likeness (QED) is 0.683. The molecule has 0 fully saturated rings. The van der Waals surface area contributed by atoms with E-state index in [1.165, 1.54) is 4.68 Å². The number of benzene rings is 1. The molecule has 1 aromatic carbocycles. The van der Waals surface area contributed by atoms with Crippen molar-refractivity contribution >= 4 is 23.1 Å². The normalized spacial score (nSPS) is 12.3. The van der Waals surface area contributed by atoms with Crippen molar-refractivity contribution in [3.05, 3.63) is 51.2 Å². The second kappa shape index (κ2) is 4.66. The summed E-state index contributed by atoms with van der Waals surface area (Å²) in [5.74, 6) is 0.0208. The Labute approximate surface area is 108 Å². The van der Waals surface area contributed by atoms with Gasteiger partial charge in [0.1, 0.15) is 6.20 Å². The summed E-state index contributed by atoms with van der Waals surface area (Å²) < 4.78 is 1.39. The molecule has 0 amide bonds. The number of nitrogens with zero attached hydrogens (tertiary/aromatic N) is 3. The highest BCUT2D eigenvalue weighted by atomic mass is 35.5. The highest BCUT2D eigenvalue weighted by Crippen LogP contribution is 2.30. The molecule has 1 unspecified atom stereocenters. The zero-order chi connectivity index (χ0) is 13.3. The molecule has 0 saturated heterocycles. The summed E-state index contributed by atoms with van der Waals surface area (Å²) in [6.07, 6.45) is 1.14. The predicted molar refractivity (Wildman–Crippen MR) is 68.6 cm³/mol. The van der Waals surface area contributed by atoms with E-state index < -0.39 is 4.92 Å². The molecule has 2 aromatic rings. The lowest BCUT2D eigenvalue weighted by atomic mass is 10.1. The van der Waals surface area contributed by atoms with Crippen molar-refractivity contribution in [3.63, 3.8) is 0 Å². The molecule has 0 aliphatic heterocycles. The van der Waals surface area contributed by atoms with E-state index >= 15 is 0 Å². The van der Waals surface area contributed by atoms with Gasteiger partial charge in [-0.3, -0.25) is 10.1 Å². The fourth-order valence-corrected chi connectivity index (χ4v) is 2.05. The van der Waals surface area contributed by atoms with Crippen LogP contribution in [0.1, 0.15) is 18.5 Å². The van der Waals surface area contributed by atoms with E-state index in [0.29, 0.717) is 5.02 Å². The molecule has 0 aliphatic carbocycles. The summed E-state index contributed by atoms with van der Waals surface area (Å²) >= 11 is 6.07. The summed E-state index contributed by atoms with van der Waals surface area (Å²) in [5, 5.41) is 15.2. The number of rotatable bonds is 3. The van der Waals surface area contributed by atoms with Crippen LogP contribution in [-0.4, -0.2) is 14.7 Å². The highest BCUT2D eigenvalue weighted by Gasteiger charge is 2.22. The highest BCUT2D eigenvalue weighted by molar-refractivity contribution is 6.31. The topological polar surface area (TPSA) is 87.0 Å². The lowest BCUT2D eigenvalue weighted by Gasteiger charge is -2.15. The smallest absolute Gasteiger partial charge is 0.330 e. The van der Waals surface area contributed by atoms with Crippen molar-refractivity contribution in [1.29, 1.82) is 0 Å². The number of anilines is 1. The van der Waals surface area contributed by atoms with Gasteiger partial charge in [0.25, 0.3) is 0 Å². The van der Waals surface area contributed by atoms with Gasteiger partial charge in [-0.05, 0) is 18.6 Å². The Balaban J connectivity index is 2.44. The minimum atomic E-state index is -0.557. The van der Waals surface area contributed by atoms with Gasteiger partial charge in [-0.2, -0.15) is 5.10 Å². The van der Waals surface area contributed by atoms with Gasteiger partial charge in [-0.1, -0.05) is 29.8 Å². The van der Waals surface area contributed by atoms with Gasteiger partial charge < -0.3 is 5.73 Å². The maximum atomic E-state index is 10.7. The molecule has 6 nitrogen and oxygen atoms in total. The van der Waals surface area contributed by atoms with Gasteiger partial charge in [-0.25, -0.2) is 4.68 Å². The zero-order valence-electron chi connectivity index (χ0n) is 9.58. The van der Waals surface area contributed by atoms with Gasteiger partial charge >= 0.3 is 5.69 Å². The summed E-state index contributed by atoms with van der Waals surface area (Å²) in [4.78, 5) is 10.1. The van der Waals surface area contributed by atoms with Crippen molar-refractivity contribution in [3.8, 4) is 0 Å². The predicted octanol–water partition coefficient (Wildman–Crippen LogP) is 2.64. The molecular weight excluding hydrogens is 256 g/mol. The molecule has 0 aliphatic rings. The first-order valence-electron chi connectivity index (χ1n) is 5.24. The zero-order valence-corrected chi connectivity index (χ0v) is 10.3. The molecular formula is C11H11ClN4O2. The molecule has 0 bridgehead atoms. The molecule has 94 valence electrons. The maximum Gasteiger partial charge on any atom is 0.330 e. The van der Waals surface area contributed by atoms with Crippen LogP contribution in [0.25, 0.3) is 0 Å². The van der Waals surface area contributed by atoms with Crippen molar-refractivity contribution in [2.45, 2.75) is 13.0 Å². The molecule has 1 heterocycles. The molecule has 0 radical (unpaired) electrons. The van der Waals surface area contributed by atoms with Crippen LogP contribution >= 0.6 is 11.6 Å². The number of nitrogen functional groups attached to an aromatic ring is 1. The van der Waals surface area contributed by atoms with Crippen LogP contribution in [0, 0.1) is 10.1 Å². The largest absolute Gasteiger partial charge is 0.378 e. The average molecular weight is 267 g/mol. The Morgan fingerprint density at radius 2 is 2.17 bits per heavy atom. The molecule has 2 rings (SSSR count). The molecule has 1 atom stereocenters. The third-order valence-corrected chi connectivity index (χ3v) is 3.08. The third kappa shape index (κ3) is 2.02. The Bertz CT molecular complexity index is 596. The van der Waals surface area contributed by atoms with Gasteiger partial charge in [0.15, 0.2) is 0 Å². The van der Waals surface area contributed by atoms with Crippen LogP contribution in [-0.2, 0) is 0 Å². The van der Waals surface area contributed by atoms with Gasteiger partial charge in [-0.15, -0.1) is 0 Å². The van der Waals surface area contributed by atoms with Crippen molar-refractivity contribution in [2.75, 3.05) is 5.73 Å². The summed E-state index contributed by atoms with van der Waals surface area (Å²) in [6, 6.07) is 6.97. The lowest BCUT2D eigenvalue weighted by molar-refractivity contribution is -0.384. The van der Waals surface area contributed by atoms with Crippen LogP contribution in [0.5, 0.6) is 0 Å². The van der Waals surface area contributed by atoms with Gasteiger partial charge in [0.2, 0.25) is 5.82 Å². The minimum absolute atomic E-state index is 0.0208. The first-order valence-corrected chi connectivity index (χ1v) is 5.62. The first kappa shape index (κ1) is 12.4. The van der Waals surface area contributed by atoms with E-state index in [2.05, 4.69) is 5.10 Å².